The van der Waals surface area contributed by atoms with Gasteiger partial charge >= 0.3 is 0 Å². The van der Waals surface area contributed by atoms with Crippen LogP contribution in [-0.4, -0.2) is 12.5 Å². The highest BCUT2D eigenvalue weighted by atomic mass is 79.9. The van der Waals surface area contributed by atoms with E-state index < -0.39 is 0 Å². The zero-order valence-corrected chi connectivity index (χ0v) is 15.4. The number of ether oxygens (including phenoxy) is 1. The van der Waals surface area contributed by atoms with E-state index in [0.29, 0.717) is 6.61 Å². The standard InChI is InChI=1S/C19H22BrNO2/c1-4-14-6-8-15(9-7-14)10-16-11-17(20)19(23-5-2)12-18(16)21-13(3)22/h6-9,11-12H,4-5,10H2,1-3H3,(H,21,22). The van der Waals surface area contributed by atoms with Crippen molar-refractivity contribution in [2.75, 3.05) is 11.9 Å². The van der Waals surface area contributed by atoms with Crippen molar-refractivity contribution in [3.05, 3.63) is 57.6 Å². The summed E-state index contributed by atoms with van der Waals surface area (Å²) in [7, 11) is 0. The van der Waals surface area contributed by atoms with Crippen LogP contribution >= 0.6 is 15.9 Å². The Morgan fingerprint density at radius 1 is 1.13 bits per heavy atom. The number of carbonyl (C=O) groups is 1. The van der Waals surface area contributed by atoms with Crippen LogP contribution in [0, 0.1) is 0 Å². The number of nitrogens with one attached hydrogen (secondary N) is 1. The molecule has 0 saturated carbocycles. The summed E-state index contributed by atoms with van der Waals surface area (Å²) >= 11 is 3.55. The fraction of sp³-hybridized carbons (Fsp3) is 0.316. The van der Waals surface area contributed by atoms with Gasteiger partial charge in [-0.05, 0) is 58.5 Å². The molecular formula is C19H22BrNO2. The van der Waals surface area contributed by atoms with E-state index in [4.69, 9.17) is 4.74 Å². The van der Waals surface area contributed by atoms with Crippen molar-refractivity contribution in [3.63, 3.8) is 0 Å². The van der Waals surface area contributed by atoms with Gasteiger partial charge < -0.3 is 10.1 Å². The quantitative estimate of drug-likeness (QED) is 0.774. The molecule has 0 bridgehead atoms. The number of benzene rings is 2. The van der Waals surface area contributed by atoms with Crippen molar-refractivity contribution in [1.82, 2.24) is 0 Å². The second-order valence-electron chi connectivity index (χ2n) is 5.40. The van der Waals surface area contributed by atoms with Crippen LogP contribution in [0.3, 0.4) is 0 Å². The van der Waals surface area contributed by atoms with Crippen LogP contribution in [0.2, 0.25) is 0 Å². The third kappa shape index (κ3) is 4.83. The summed E-state index contributed by atoms with van der Waals surface area (Å²) in [6.45, 7) is 6.18. The summed E-state index contributed by atoms with van der Waals surface area (Å²) in [5, 5.41) is 2.90. The molecular weight excluding hydrogens is 354 g/mol. The normalized spacial score (nSPS) is 10.4. The second-order valence-corrected chi connectivity index (χ2v) is 6.26. The van der Waals surface area contributed by atoms with E-state index in [1.54, 1.807) is 0 Å². The van der Waals surface area contributed by atoms with E-state index in [-0.39, 0.29) is 5.91 Å². The lowest BCUT2D eigenvalue weighted by Crippen LogP contribution is -2.09. The molecule has 4 heteroatoms. The minimum absolute atomic E-state index is 0.0858. The molecule has 0 aromatic heterocycles. The monoisotopic (exact) mass is 375 g/mol. The van der Waals surface area contributed by atoms with Crippen molar-refractivity contribution in [3.8, 4) is 5.75 Å². The molecule has 0 aliphatic heterocycles. The van der Waals surface area contributed by atoms with Gasteiger partial charge in [-0.3, -0.25) is 4.79 Å². The summed E-state index contributed by atoms with van der Waals surface area (Å²) in [6, 6.07) is 12.5. The zero-order valence-electron chi connectivity index (χ0n) is 13.8. The fourth-order valence-corrected chi connectivity index (χ4v) is 2.93. The Hall–Kier alpha value is -1.81. The van der Waals surface area contributed by atoms with E-state index in [9.17, 15) is 4.79 Å². The average Bonchev–Trinajstić information content (AvgIpc) is 2.52. The molecule has 2 aromatic rings. The molecule has 122 valence electrons. The molecule has 0 aliphatic rings. The first-order chi connectivity index (χ1) is 11.0. The lowest BCUT2D eigenvalue weighted by atomic mass is 10.0. The Morgan fingerprint density at radius 3 is 2.35 bits per heavy atom. The molecule has 0 heterocycles. The summed E-state index contributed by atoms with van der Waals surface area (Å²) in [6.07, 6.45) is 1.79. The zero-order chi connectivity index (χ0) is 16.8. The molecule has 23 heavy (non-hydrogen) atoms. The number of rotatable bonds is 6. The topological polar surface area (TPSA) is 38.3 Å². The van der Waals surface area contributed by atoms with Crippen LogP contribution in [0.25, 0.3) is 0 Å². The van der Waals surface area contributed by atoms with E-state index >= 15 is 0 Å². The molecule has 0 unspecified atom stereocenters. The van der Waals surface area contributed by atoms with Crippen LogP contribution < -0.4 is 10.1 Å². The van der Waals surface area contributed by atoms with Crippen molar-refractivity contribution < 1.29 is 9.53 Å². The van der Waals surface area contributed by atoms with Gasteiger partial charge in [0.2, 0.25) is 5.91 Å². The first kappa shape index (κ1) is 17.5. The van der Waals surface area contributed by atoms with Crippen molar-refractivity contribution in [1.29, 1.82) is 0 Å². The number of carbonyl (C=O) groups excluding carboxylic acids is 1. The van der Waals surface area contributed by atoms with E-state index in [0.717, 1.165) is 34.3 Å². The van der Waals surface area contributed by atoms with Crippen molar-refractivity contribution >= 4 is 27.5 Å². The van der Waals surface area contributed by atoms with Crippen LogP contribution in [0.4, 0.5) is 5.69 Å². The maximum atomic E-state index is 11.5. The van der Waals surface area contributed by atoms with Crippen LogP contribution in [-0.2, 0) is 17.6 Å². The SMILES string of the molecule is CCOc1cc(NC(C)=O)c(Cc2ccc(CC)cc2)cc1Br. The molecule has 0 aliphatic carbocycles. The Balaban J connectivity index is 2.34. The van der Waals surface area contributed by atoms with Gasteiger partial charge in [0.1, 0.15) is 5.75 Å². The Labute approximate surface area is 146 Å². The molecule has 1 amide bonds. The molecule has 3 nitrogen and oxygen atoms in total. The minimum atomic E-state index is -0.0858. The summed E-state index contributed by atoms with van der Waals surface area (Å²) in [4.78, 5) is 11.5. The predicted octanol–water partition coefficient (Wildman–Crippen LogP) is 4.96. The predicted molar refractivity (Wildman–Crippen MR) is 98.2 cm³/mol. The highest BCUT2D eigenvalue weighted by Gasteiger charge is 2.11. The number of aryl methyl sites for hydroxylation is 1. The first-order valence-electron chi connectivity index (χ1n) is 7.84. The molecule has 0 atom stereocenters. The maximum absolute atomic E-state index is 11.5. The molecule has 0 saturated heterocycles. The highest BCUT2D eigenvalue weighted by molar-refractivity contribution is 9.10. The van der Waals surface area contributed by atoms with Gasteiger partial charge in [-0.15, -0.1) is 0 Å². The van der Waals surface area contributed by atoms with Gasteiger partial charge in [-0.25, -0.2) is 0 Å². The number of hydrogen-bond donors (Lipinski definition) is 1. The Morgan fingerprint density at radius 2 is 1.78 bits per heavy atom. The lowest BCUT2D eigenvalue weighted by Gasteiger charge is -2.15. The number of hydrogen-bond acceptors (Lipinski definition) is 2. The van der Waals surface area contributed by atoms with Gasteiger partial charge in [0.15, 0.2) is 0 Å². The maximum Gasteiger partial charge on any atom is 0.221 e. The van der Waals surface area contributed by atoms with E-state index in [1.165, 1.54) is 18.1 Å². The van der Waals surface area contributed by atoms with Crippen LogP contribution in [0.15, 0.2) is 40.9 Å². The molecule has 2 rings (SSSR count). The number of halogens is 1. The number of anilines is 1. The molecule has 0 spiro atoms. The van der Waals surface area contributed by atoms with Gasteiger partial charge in [0.25, 0.3) is 0 Å². The lowest BCUT2D eigenvalue weighted by molar-refractivity contribution is -0.114. The molecule has 0 fully saturated rings. The average molecular weight is 376 g/mol. The van der Waals surface area contributed by atoms with Gasteiger partial charge in [0, 0.05) is 18.7 Å². The van der Waals surface area contributed by atoms with E-state index in [2.05, 4.69) is 52.4 Å². The molecule has 1 N–H and O–H groups in total. The van der Waals surface area contributed by atoms with Crippen LogP contribution in [0.1, 0.15) is 37.5 Å². The third-order valence-electron chi connectivity index (χ3n) is 3.59. The minimum Gasteiger partial charge on any atom is -0.493 e. The Bertz CT molecular complexity index is 681. The van der Waals surface area contributed by atoms with Crippen LogP contribution in [0.5, 0.6) is 5.75 Å². The Kier molecular flexibility index (Phi) is 6.22. The molecule has 2 aromatic carbocycles. The summed E-state index contributed by atoms with van der Waals surface area (Å²) in [5.74, 6) is 0.652. The number of amides is 1. The van der Waals surface area contributed by atoms with Gasteiger partial charge in [-0.2, -0.15) is 0 Å². The van der Waals surface area contributed by atoms with Gasteiger partial charge in [-0.1, -0.05) is 31.2 Å². The largest absolute Gasteiger partial charge is 0.493 e. The van der Waals surface area contributed by atoms with Crippen molar-refractivity contribution in [2.45, 2.75) is 33.6 Å². The second kappa shape index (κ2) is 8.16. The van der Waals surface area contributed by atoms with Crippen molar-refractivity contribution in [2.24, 2.45) is 0 Å². The van der Waals surface area contributed by atoms with Gasteiger partial charge in [0.05, 0.1) is 11.1 Å². The first-order valence-corrected chi connectivity index (χ1v) is 8.63. The fourth-order valence-electron chi connectivity index (χ4n) is 2.43. The summed E-state index contributed by atoms with van der Waals surface area (Å²) < 4.78 is 6.49. The summed E-state index contributed by atoms with van der Waals surface area (Å²) in [5.41, 5.74) is 4.39. The third-order valence-corrected chi connectivity index (χ3v) is 4.21. The smallest absolute Gasteiger partial charge is 0.221 e. The van der Waals surface area contributed by atoms with E-state index in [1.807, 2.05) is 19.1 Å². The highest BCUT2D eigenvalue weighted by Crippen LogP contribution is 2.33. The molecule has 0 radical (unpaired) electrons.